The van der Waals surface area contributed by atoms with Crippen LogP contribution < -0.4 is 5.32 Å². The van der Waals surface area contributed by atoms with E-state index in [-0.39, 0.29) is 0 Å². The first-order chi connectivity index (χ1) is 21.5. The molecule has 0 saturated carbocycles. The van der Waals surface area contributed by atoms with Gasteiger partial charge in [0.05, 0.1) is 18.8 Å². The van der Waals surface area contributed by atoms with E-state index < -0.39 is 36.9 Å². The number of aliphatic hydroxyl groups is 4. The molecule has 262 valence electrons. The van der Waals surface area contributed by atoms with Crippen molar-refractivity contribution in [3.63, 3.8) is 0 Å². The number of aliphatic hydroxyl groups excluding tert-OH is 4. The minimum atomic E-state index is -1.26. The lowest BCUT2D eigenvalue weighted by Gasteiger charge is -2.27. The van der Waals surface area contributed by atoms with Crippen LogP contribution in [0.15, 0.2) is 12.2 Å². The van der Waals surface area contributed by atoms with Crippen LogP contribution in [0.1, 0.15) is 194 Å². The zero-order valence-electron chi connectivity index (χ0n) is 29.2. The SMILES string of the molecule is CCCCCCCC/C=C\CCCCCCCCC(O)C(=O)NC(CO)C(O)C(O)CCCCCCCCCCCCCC. The Kier molecular flexibility index (Phi) is 32.7. The molecule has 0 aromatic carbocycles. The molecule has 0 aromatic rings. The van der Waals surface area contributed by atoms with E-state index in [0.717, 1.165) is 44.9 Å². The molecule has 0 spiro atoms. The maximum absolute atomic E-state index is 12.4. The quantitative estimate of drug-likeness (QED) is 0.0362. The fraction of sp³-hybridized carbons (Fsp3) is 0.921. The van der Waals surface area contributed by atoms with Gasteiger partial charge in [-0.25, -0.2) is 0 Å². The van der Waals surface area contributed by atoms with Gasteiger partial charge < -0.3 is 25.7 Å². The Labute approximate surface area is 272 Å². The highest BCUT2D eigenvalue weighted by atomic mass is 16.3. The Morgan fingerprint density at radius 2 is 0.909 bits per heavy atom. The van der Waals surface area contributed by atoms with E-state index in [2.05, 4.69) is 31.3 Å². The fourth-order valence-electron chi connectivity index (χ4n) is 5.87. The number of allylic oxidation sites excluding steroid dienone is 2. The molecular formula is C38H75NO5. The van der Waals surface area contributed by atoms with Crippen molar-refractivity contribution in [1.82, 2.24) is 5.32 Å². The van der Waals surface area contributed by atoms with Gasteiger partial charge in [0.15, 0.2) is 0 Å². The van der Waals surface area contributed by atoms with Gasteiger partial charge in [0.1, 0.15) is 12.2 Å². The van der Waals surface area contributed by atoms with E-state index in [1.807, 2.05) is 0 Å². The Morgan fingerprint density at radius 3 is 1.32 bits per heavy atom. The molecule has 1 amide bonds. The normalized spacial score (nSPS) is 14.6. The van der Waals surface area contributed by atoms with Gasteiger partial charge in [-0.2, -0.15) is 0 Å². The van der Waals surface area contributed by atoms with Gasteiger partial charge >= 0.3 is 0 Å². The minimum Gasteiger partial charge on any atom is -0.394 e. The van der Waals surface area contributed by atoms with Gasteiger partial charge in [-0.15, -0.1) is 0 Å². The summed E-state index contributed by atoms with van der Waals surface area (Å²) in [5.74, 6) is -0.589. The van der Waals surface area contributed by atoms with Crippen LogP contribution >= 0.6 is 0 Å². The maximum Gasteiger partial charge on any atom is 0.249 e. The van der Waals surface area contributed by atoms with Crippen molar-refractivity contribution < 1.29 is 25.2 Å². The lowest BCUT2D eigenvalue weighted by molar-refractivity contribution is -0.132. The third-order valence-corrected chi connectivity index (χ3v) is 8.98. The second kappa shape index (κ2) is 33.4. The standard InChI is InChI=1S/C38H75NO5/c1-3-5-7-9-11-13-15-17-18-19-20-22-24-26-28-30-32-36(42)38(44)39-34(33-40)37(43)35(41)31-29-27-25-23-21-16-14-12-10-8-6-4-2/h17-18,34-37,40-43H,3-16,19-33H2,1-2H3,(H,39,44)/b18-17-. The highest BCUT2D eigenvalue weighted by Gasteiger charge is 2.28. The first kappa shape index (κ1) is 43.0. The largest absolute Gasteiger partial charge is 0.394 e. The predicted octanol–water partition coefficient (Wildman–Crippen LogP) is 9.07. The minimum absolute atomic E-state index is 0.364. The molecule has 0 radical (unpaired) electrons. The Hall–Kier alpha value is -0.950. The van der Waals surface area contributed by atoms with Gasteiger partial charge in [-0.05, 0) is 38.5 Å². The summed E-state index contributed by atoms with van der Waals surface area (Å²) in [7, 11) is 0. The summed E-state index contributed by atoms with van der Waals surface area (Å²) in [5.41, 5.74) is 0. The summed E-state index contributed by atoms with van der Waals surface area (Å²) in [5, 5.41) is 43.4. The molecule has 4 atom stereocenters. The van der Waals surface area contributed by atoms with Crippen LogP contribution in [-0.4, -0.2) is 57.3 Å². The van der Waals surface area contributed by atoms with Crippen LogP contribution in [0.4, 0.5) is 0 Å². The molecule has 6 heteroatoms. The monoisotopic (exact) mass is 626 g/mol. The molecule has 0 heterocycles. The molecular weight excluding hydrogens is 550 g/mol. The molecule has 0 bridgehead atoms. The molecule has 0 saturated heterocycles. The zero-order valence-corrected chi connectivity index (χ0v) is 29.2. The van der Waals surface area contributed by atoms with Crippen molar-refractivity contribution in [2.45, 2.75) is 218 Å². The highest BCUT2D eigenvalue weighted by Crippen LogP contribution is 2.16. The summed E-state index contributed by atoms with van der Waals surface area (Å²) in [6.07, 6.45) is 33.7. The molecule has 6 nitrogen and oxygen atoms in total. The van der Waals surface area contributed by atoms with Crippen molar-refractivity contribution in [2.75, 3.05) is 6.61 Å². The number of hydrogen-bond acceptors (Lipinski definition) is 5. The summed E-state index contributed by atoms with van der Waals surface area (Å²) in [6.45, 7) is 4.02. The molecule has 0 aliphatic rings. The van der Waals surface area contributed by atoms with Crippen molar-refractivity contribution in [3.8, 4) is 0 Å². The topological polar surface area (TPSA) is 110 Å². The predicted molar refractivity (Wildman–Crippen MR) is 187 cm³/mol. The number of hydrogen-bond donors (Lipinski definition) is 5. The first-order valence-electron chi connectivity index (χ1n) is 19.1. The number of carbonyl (C=O) groups is 1. The van der Waals surface area contributed by atoms with Gasteiger partial charge in [0, 0.05) is 0 Å². The van der Waals surface area contributed by atoms with Gasteiger partial charge in [0.2, 0.25) is 5.91 Å². The van der Waals surface area contributed by atoms with Crippen LogP contribution in [-0.2, 0) is 4.79 Å². The third-order valence-electron chi connectivity index (χ3n) is 8.98. The van der Waals surface area contributed by atoms with Crippen LogP contribution in [0.2, 0.25) is 0 Å². The van der Waals surface area contributed by atoms with Gasteiger partial charge in [-0.1, -0.05) is 167 Å². The number of amides is 1. The fourth-order valence-corrected chi connectivity index (χ4v) is 5.87. The summed E-state index contributed by atoms with van der Waals surface area (Å²) in [6, 6.07) is -0.982. The van der Waals surface area contributed by atoms with Crippen molar-refractivity contribution in [1.29, 1.82) is 0 Å². The number of rotatable bonds is 34. The summed E-state index contributed by atoms with van der Waals surface area (Å²) < 4.78 is 0. The molecule has 4 unspecified atom stereocenters. The molecule has 0 aliphatic heterocycles. The van der Waals surface area contributed by atoms with Gasteiger partial charge in [-0.3, -0.25) is 4.79 Å². The van der Waals surface area contributed by atoms with Crippen LogP contribution in [0.5, 0.6) is 0 Å². The smallest absolute Gasteiger partial charge is 0.249 e. The van der Waals surface area contributed by atoms with Crippen LogP contribution in [0, 0.1) is 0 Å². The Balaban J connectivity index is 3.81. The van der Waals surface area contributed by atoms with Crippen molar-refractivity contribution in [3.05, 3.63) is 12.2 Å². The number of nitrogens with one attached hydrogen (secondary N) is 1. The maximum atomic E-state index is 12.4. The molecule has 0 aromatic heterocycles. The lowest BCUT2D eigenvalue weighted by atomic mass is 9.99. The summed E-state index contributed by atoms with van der Waals surface area (Å²) >= 11 is 0. The van der Waals surface area contributed by atoms with E-state index in [9.17, 15) is 25.2 Å². The van der Waals surface area contributed by atoms with E-state index in [1.54, 1.807) is 0 Å². The molecule has 0 aliphatic carbocycles. The van der Waals surface area contributed by atoms with Crippen molar-refractivity contribution >= 4 is 5.91 Å². The molecule has 0 fully saturated rings. The van der Waals surface area contributed by atoms with Crippen LogP contribution in [0.25, 0.3) is 0 Å². The average molecular weight is 626 g/mol. The highest BCUT2D eigenvalue weighted by molar-refractivity contribution is 5.80. The van der Waals surface area contributed by atoms with Gasteiger partial charge in [0.25, 0.3) is 0 Å². The molecule has 44 heavy (non-hydrogen) atoms. The summed E-state index contributed by atoms with van der Waals surface area (Å²) in [4.78, 5) is 12.4. The average Bonchev–Trinajstić information content (AvgIpc) is 3.03. The Bertz CT molecular complexity index is 628. The van der Waals surface area contributed by atoms with E-state index in [1.165, 1.54) is 122 Å². The van der Waals surface area contributed by atoms with E-state index in [0.29, 0.717) is 12.8 Å². The second-order valence-corrected chi connectivity index (χ2v) is 13.3. The second-order valence-electron chi connectivity index (χ2n) is 13.3. The van der Waals surface area contributed by atoms with Crippen molar-refractivity contribution in [2.24, 2.45) is 0 Å². The number of carbonyl (C=O) groups excluding carboxylic acids is 1. The number of unbranched alkanes of at least 4 members (excludes halogenated alkanes) is 23. The van der Waals surface area contributed by atoms with E-state index >= 15 is 0 Å². The molecule has 5 N–H and O–H groups in total. The zero-order chi connectivity index (χ0) is 32.5. The van der Waals surface area contributed by atoms with Crippen LogP contribution in [0.3, 0.4) is 0 Å². The first-order valence-corrected chi connectivity index (χ1v) is 19.1. The van der Waals surface area contributed by atoms with E-state index in [4.69, 9.17) is 0 Å². The third kappa shape index (κ3) is 27.4. The lowest BCUT2D eigenvalue weighted by Crippen LogP contribution is -2.53. The Morgan fingerprint density at radius 1 is 0.545 bits per heavy atom. The molecule has 0 rings (SSSR count).